The molecule has 0 saturated carbocycles. The van der Waals surface area contributed by atoms with Gasteiger partial charge in [0, 0.05) is 11.6 Å². The number of methoxy groups -OCH3 is 1. The lowest BCUT2D eigenvalue weighted by molar-refractivity contribution is 0.410. The van der Waals surface area contributed by atoms with Gasteiger partial charge in [-0.15, -0.1) is 0 Å². The number of nitrogens with zero attached hydrogens (tertiary/aromatic N) is 2. The quantitative estimate of drug-likeness (QED) is 0.765. The Kier molecular flexibility index (Phi) is 4.57. The Morgan fingerprint density at radius 2 is 1.80 bits per heavy atom. The van der Waals surface area contributed by atoms with Crippen molar-refractivity contribution in [2.75, 3.05) is 12.8 Å². The average Bonchev–Trinajstić information content (AvgIpc) is 2.93. The van der Waals surface area contributed by atoms with E-state index in [1.165, 1.54) is 12.1 Å². The minimum Gasteiger partial charge on any atom is -0.497 e. The van der Waals surface area contributed by atoms with Crippen LogP contribution in [0.5, 0.6) is 17.4 Å². The lowest BCUT2D eigenvalue weighted by atomic mass is 10.2. The van der Waals surface area contributed by atoms with E-state index in [0.717, 1.165) is 0 Å². The molecule has 0 aliphatic rings. The molecule has 0 amide bonds. The molecule has 0 saturated heterocycles. The number of halogens is 1. The fourth-order valence-electron chi connectivity index (χ4n) is 2.47. The van der Waals surface area contributed by atoms with Gasteiger partial charge in [0.15, 0.2) is 0 Å². The molecule has 0 unspecified atom stereocenters. The zero-order valence-corrected chi connectivity index (χ0v) is 13.6. The van der Waals surface area contributed by atoms with Gasteiger partial charge >= 0.3 is 0 Å². The number of aromatic nitrogens is 1. The van der Waals surface area contributed by atoms with Crippen molar-refractivity contribution in [3.8, 4) is 23.4 Å². The van der Waals surface area contributed by atoms with Crippen LogP contribution in [0.25, 0.3) is 0 Å². The first-order valence-electron chi connectivity index (χ1n) is 7.56. The van der Waals surface area contributed by atoms with Gasteiger partial charge in [0.2, 0.25) is 5.88 Å². The SMILES string of the molecule is COc1ccc(Oc2c(N)cc(C#N)n2Cc2ccccc2F)cc1. The zero-order chi connectivity index (χ0) is 17.8. The van der Waals surface area contributed by atoms with E-state index in [4.69, 9.17) is 15.2 Å². The van der Waals surface area contributed by atoms with E-state index >= 15 is 0 Å². The number of benzene rings is 2. The number of rotatable bonds is 5. The van der Waals surface area contributed by atoms with Crippen LogP contribution < -0.4 is 15.2 Å². The normalized spacial score (nSPS) is 10.3. The summed E-state index contributed by atoms with van der Waals surface area (Å²) in [5, 5.41) is 9.35. The maximum Gasteiger partial charge on any atom is 0.224 e. The highest BCUT2D eigenvalue weighted by atomic mass is 19.1. The van der Waals surface area contributed by atoms with Crippen molar-refractivity contribution in [3.05, 3.63) is 71.7 Å². The minimum absolute atomic E-state index is 0.137. The maximum absolute atomic E-state index is 14.0. The minimum atomic E-state index is -0.353. The van der Waals surface area contributed by atoms with Crippen LogP contribution in [0.4, 0.5) is 10.1 Å². The highest BCUT2D eigenvalue weighted by Crippen LogP contribution is 2.32. The van der Waals surface area contributed by atoms with Gasteiger partial charge in [0.05, 0.1) is 19.3 Å². The van der Waals surface area contributed by atoms with Crippen molar-refractivity contribution >= 4 is 5.69 Å². The van der Waals surface area contributed by atoms with E-state index in [1.807, 2.05) is 0 Å². The lowest BCUT2D eigenvalue weighted by Gasteiger charge is -2.13. The molecule has 6 heteroatoms. The number of nitrogen functional groups attached to an aromatic ring is 1. The summed E-state index contributed by atoms with van der Waals surface area (Å²) < 4.78 is 26.5. The number of nitriles is 1. The molecule has 0 radical (unpaired) electrons. The van der Waals surface area contributed by atoms with E-state index in [0.29, 0.717) is 34.3 Å². The molecule has 0 aliphatic carbocycles. The Bertz CT molecular complexity index is 927. The molecule has 3 rings (SSSR count). The van der Waals surface area contributed by atoms with Crippen LogP contribution in [-0.2, 0) is 6.54 Å². The van der Waals surface area contributed by atoms with Gasteiger partial charge in [0.1, 0.15) is 29.1 Å². The van der Waals surface area contributed by atoms with Gasteiger partial charge in [-0.3, -0.25) is 4.57 Å². The fourth-order valence-corrected chi connectivity index (χ4v) is 2.47. The summed E-state index contributed by atoms with van der Waals surface area (Å²) in [6.07, 6.45) is 0. The highest BCUT2D eigenvalue weighted by Gasteiger charge is 2.17. The van der Waals surface area contributed by atoms with Crippen molar-refractivity contribution in [1.82, 2.24) is 4.57 Å². The third kappa shape index (κ3) is 3.40. The first kappa shape index (κ1) is 16.4. The molecule has 3 aromatic rings. The molecule has 1 aromatic heterocycles. The van der Waals surface area contributed by atoms with Crippen LogP contribution in [0.2, 0.25) is 0 Å². The summed E-state index contributed by atoms with van der Waals surface area (Å²) in [5.74, 6) is 1.17. The molecule has 126 valence electrons. The average molecular weight is 337 g/mol. The first-order chi connectivity index (χ1) is 12.1. The Labute approximate surface area is 144 Å². The molecule has 0 aliphatic heterocycles. The van der Waals surface area contributed by atoms with Crippen molar-refractivity contribution in [2.45, 2.75) is 6.54 Å². The summed E-state index contributed by atoms with van der Waals surface area (Å²) in [5.41, 5.74) is 7.04. The molecule has 25 heavy (non-hydrogen) atoms. The van der Waals surface area contributed by atoms with E-state index in [1.54, 1.807) is 54.1 Å². The summed E-state index contributed by atoms with van der Waals surface area (Å²) in [7, 11) is 1.58. The van der Waals surface area contributed by atoms with Crippen molar-refractivity contribution < 1.29 is 13.9 Å². The third-order valence-corrected chi connectivity index (χ3v) is 3.75. The van der Waals surface area contributed by atoms with Gasteiger partial charge < -0.3 is 15.2 Å². The Morgan fingerprint density at radius 1 is 1.12 bits per heavy atom. The van der Waals surface area contributed by atoms with Gasteiger partial charge in [-0.2, -0.15) is 5.26 Å². The molecule has 0 atom stereocenters. The molecular formula is C19H16FN3O2. The number of ether oxygens (including phenoxy) is 2. The largest absolute Gasteiger partial charge is 0.497 e. The zero-order valence-electron chi connectivity index (χ0n) is 13.6. The monoisotopic (exact) mass is 337 g/mol. The standard InChI is InChI=1S/C19H16FN3O2/c1-24-15-6-8-16(9-7-15)25-19-18(22)10-14(11-21)23(19)12-13-4-2-3-5-17(13)20/h2-10H,12,22H2,1H3. The number of anilines is 1. The van der Waals surface area contributed by atoms with E-state index in [9.17, 15) is 9.65 Å². The van der Waals surface area contributed by atoms with Gasteiger partial charge in [0.25, 0.3) is 0 Å². The number of hydrogen-bond donors (Lipinski definition) is 1. The van der Waals surface area contributed by atoms with Crippen molar-refractivity contribution in [2.24, 2.45) is 0 Å². The van der Waals surface area contributed by atoms with Crippen LogP contribution in [-0.4, -0.2) is 11.7 Å². The van der Waals surface area contributed by atoms with E-state index < -0.39 is 0 Å². The third-order valence-electron chi connectivity index (χ3n) is 3.75. The van der Waals surface area contributed by atoms with Crippen LogP contribution in [0.3, 0.4) is 0 Å². The molecule has 2 aromatic carbocycles. The second-order valence-electron chi connectivity index (χ2n) is 5.36. The summed E-state index contributed by atoms with van der Waals surface area (Å²) in [4.78, 5) is 0. The maximum atomic E-state index is 14.0. The van der Waals surface area contributed by atoms with Gasteiger partial charge in [-0.25, -0.2) is 4.39 Å². The topological polar surface area (TPSA) is 73.2 Å². The van der Waals surface area contributed by atoms with E-state index in [-0.39, 0.29) is 12.4 Å². The Balaban J connectivity index is 1.97. The summed E-state index contributed by atoms with van der Waals surface area (Å²) >= 11 is 0. The lowest BCUT2D eigenvalue weighted by Crippen LogP contribution is -2.06. The molecule has 0 fully saturated rings. The summed E-state index contributed by atoms with van der Waals surface area (Å²) in [6, 6.07) is 16.9. The molecular weight excluding hydrogens is 321 g/mol. The van der Waals surface area contributed by atoms with Crippen molar-refractivity contribution in [3.63, 3.8) is 0 Å². The summed E-state index contributed by atoms with van der Waals surface area (Å²) in [6.45, 7) is 0.137. The van der Waals surface area contributed by atoms with E-state index in [2.05, 4.69) is 6.07 Å². The number of hydrogen-bond acceptors (Lipinski definition) is 4. The highest BCUT2D eigenvalue weighted by molar-refractivity contribution is 5.57. The Morgan fingerprint density at radius 3 is 2.44 bits per heavy atom. The first-order valence-corrected chi connectivity index (χ1v) is 7.56. The van der Waals surface area contributed by atoms with Crippen LogP contribution >= 0.6 is 0 Å². The predicted octanol–water partition coefficient (Wildman–Crippen LogP) is 3.93. The van der Waals surface area contributed by atoms with Crippen LogP contribution in [0, 0.1) is 17.1 Å². The molecule has 1 heterocycles. The van der Waals surface area contributed by atoms with Crippen LogP contribution in [0.15, 0.2) is 54.6 Å². The van der Waals surface area contributed by atoms with Gasteiger partial charge in [-0.1, -0.05) is 18.2 Å². The molecule has 0 spiro atoms. The van der Waals surface area contributed by atoms with Crippen LogP contribution in [0.1, 0.15) is 11.3 Å². The second-order valence-corrected chi connectivity index (χ2v) is 5.36. The molecule has 0 bridgehead atoms. The van der Waals surface area contributed by atoms with Gasteiger partial charge in [-0.05, 0) is 30.3 Å². The predicted molar refractivity (Wildman–Crippen MR) is 92.1 cm³/mol. The second kappa shape index (κ2) is 6.97. The smallest absolute Gasteiger partial charge is 0.224 e. The molecule has 5 nitrogen and oxygen atoms in total. The Hall–Kier alpha value is -3.46. The molecule has 2 N–H and O–H groups in total. The van der Waals surface area contributed by atoms with Crippen molar-refractivity contribution in [1.29, 1.82) is 5.26 Å². The fraction of sp³-hybridized carbons (Fsp3) is 0.105. The number of nitrogens with two attached hydrogens (primary N) is 1.